The lowest BCUT2D eigenvalue weighted by molar-refractivity contribution is -0.130. The van der Waals surface area contributed by atoms with Gasteiger partial charge in [-0.15, -0.1) is 5.92 Å². The smallest absolute Gasteiger partial charge is 0.411 e. The van der Waals surface area contributed by atoms with E-state index >= 15 is 0 Å². The van der Waals surface area contributed by atoms with E-state index in [4.69, 9.17) is 21.1 Å². The van der Waals surface area contributed by atoms with Crippen molar-refractivity contribution in [1.29, 1.82) is 0 Å². The normalized spacial score (nSPS) is 17.9. The number of ether oxygens (including phenoxy) is 2. The lowest BCUT2D eigenvalue weighted by Crippen LogP contribution is -2.50. The van der Waals surface area contributed by atoms with E-state index in [1.54, 1.807) is 18.7 Å². The van der Waals surface area contributed by atoms with Crippen LogP contribution in [0.15, 0.2) is 42.5 Å². The Morgan fingerprint density at radius 1 is 1.12 bits per heavy atom. The number of halogens is 1. The van der Waals surface area contributed by atoms with E-state index in [0.717, 1.165) is 40.8 Å². The number of benzene rings is 2. The second-order valence-electron chi connectivity index (χ2n) is 10.4. The number of hydrogen-bond donors (Lipinski definition) is 2. The van der Waals surface area contributed by atoms with Crippen LogP contribution in [0.5, 0.6) is 5.75 Å². The molecule has 1 aromatic heterocycles. The number of aromatic amines is 1. The van der Waals surface area contributed by atoms with Crippen LogP contribution >= 0.6 is 11.6 Å². The maximum atomic E-state index is 13.1. The molecule has 2 aliphatic rings. The summed E-state index contributed by atoms with van der Waals surface area (Å²) in [6.45, 7) is 7.27. The summed E-state index contributed by atoms with van der Waals surface area (Å²) in [6.07, 6.45) is -0.411. The van der Waals surface area contributed by atoms with E-state index < -0.39 is 12.2 Å². The molecule has 0 saturated carbocycles. The number of aliphatic hydroxyl groups is 1. The highest BCUT2D eigenvalue weighted by molar-refractivity contribution is 6.31. The van der Waals surface area contributed by atoms with Crippen molar-refractivity contribution in [2.45, 2.75) is 32.4 Å². The Balaban J connectivity index is 1.29. The molecule has 0 spiro atoms. The zero-order valence-corrected chi connectivity index (χ0v) is 24.1. The number of aromatic nitrogens is 1. The average Bonchev–Trinajstić information content (AvgIpc) is 3.34. The standard InChI is InChI=1S/C31H35ClN4O5/c1-3-4-17-40-31(39)36-12-11-26-27-18-23(32)7-10-28(27)33-29(26)30(36)22-5-8-25(9-6-22)41-20-24(38)19-34-13-15-35(16-14-34)21(2)37/h5-10,18,24,30,33,38H,11-17,19-20H2,1-2H3. The van der Waals surface area contributed by atoms with Crippen LogP contribution < -0.4 is 4.74 Å². The van der Waals surface area contributed by atoms with Gasteiger partial charge < -0.3 is 24.5 Å². The van der Waals surface area contributed by atoms with Crippen molar-refractivity contribution in [3.05, 3.63) is 64.3 Å². The van der Waals surface area contributed by atoms with Crippen LogP contribution in [0.4, 0.5) is 4.79 Å². The van der Waals surface area contributed by atoms with Crippen molar-refractivity contribution in [3.63, 3.8) is 0 Å². The maximum Gasteiger partial charge on any atom is 0.411 e. The zero-order valence-electron chi connectivity index (χ0n) is 23.4. The predicted molar refractivity (Wildman–Crippen MR) is 157 cm³/mol. The van der Waals surface area contributed by atoms with Crippen molar-refractivity contribution < 1.29 is 24.2 Å². The number of β-amino-alcohol motifs (C(OH)–C–C–N with tert-alkyl or cyclic N) is 1. The second-order valence-corrected chi connectivity index (χ2v) is 10.8. The summed E-state index contributed by atoms with van der Waals surface area (Å²) >= 11 is 6.30. The van der Waals surface area contributed by atoms with E-state index in [1.165, 1.54) is 0 Å². The van der Waals surface area contributed by atoms with Gasteiger partial charge in [-0.2, -0.15) is 0 Å². The monoisotopic (exact) mass is 578 g/mol. The van der Waals surface area contributed by atoms with Crippen LogP contribution in [-0.4, -0.2) is 95.4 Å². The molecule has 2 aromatic carbocycles. The molecule has 2 unspecified atom stereocenters. The molecule has 10 heteroatoms. The van der Waals surface area contributed by atoms with E-state index in [2.05, 4.69) is 21.7 Å². The average molecular weight is 579 g/mol. The summed E-state index contributed by atoms with van der Waals surface area (Å²) < 4.78 is 11.4. The first-order valence-electron chi connectivity index (χ1n) is 13.9. The highest BCUT2D eigenvalue weighted by Crippen LogP contribution is 2.39. The van der Waals surface area contributed by atoms with Gasteiger partial charge in [0.15, 0.2) is 6.61 Å². The number of nitrogens with zero attached hydrogens (tertiary/aromatic N) is 3. The fourth-order valence-corrected chi connectivity index (χ4v) is 5.76. The van der Waals surface area contributed by atoms with Gasteiger partial charge in [0.2, 0.25) is 5.91 Å². The summed E-state index contributed by atoms with van der Waals surface area (Å²) in [5.41, 5.74) is 3.94. The first-order chi connectivity index (χ1) is 19.8. The molecule has 41 heavy (non-hydrogen) atoms. The first kappa shape index (κ1) is 28.8. The Kier molecular flexibility index (Phi) is 9.03. The minimum absolute atomic E-state index is 0.0369. The number of hydrogen-bond acceptors (Lipinski definition) is 6. The Morgan fingerprint density at radius 2 is 1.88 bits per heavy atom. The summed E-state index contributed by atoms with van der Waals surface area (Å²) in [5, 5.41) is 12.3. The number of rotatable bonds is 7. The third-order valence-electron chi connectivity index (χ3n) is 7.69. The van der Waals surface area contributed by atoms with Gasteiger partial charge in [0, 0.05) is 67.8 Å². The predicted octanol–water partition coefficient (Wildman–Crippen LogP) is 3.83. The molecule has 2 N–H and O–H groups in total. The highest BCUT2D eigenvalue weighted by Gasteiger charge is 2.35. The highest BCUT2D eigenvalue weighted by atomic mass is 35.5. The number of fused-ring (bicyclic) bond motifs is 3. The number of carbonyl (C=O) groups is 2. The Bertz CT molecular complexity index is 1450. The van der Waals surface area contributed by atoms with E-state index in [1.807, 2.05) is 47.4 Å². The molecule has 1 fully saturated rings. The third-order valence-corrected chi connectivity index (χ3v) is 7.93. The minimum Gasteiger partial charge on any atom is -0.491 e. The molecule has 0 aliphatic carbocycles. The van der Waals surface area contributed by atoms with Gasteiger partial charge in [0.05, 0.1) is 0 Å². The second kappa shape index (κ2) is 12.9. The Hall–Kier alpha value is -3.71. The van der Waals surface area contributed by atoms with Gasteiger partial charge >= 0.3 is 6.09 Å². The van der Waals surface area contributed by atoms with Crippen LogP contribution in [0.1, 0.15) is 36.7 Å². The molecule has 0 radical (unpaired) electrons. The fraction of sp³-hybridized carbons (Fsp3) is 0.419. The van der Waals surface area contributed by atoms with Crippen LogP contribution in [-0.2, 0) is 16.0 Å². The molecule has 3 heterocycles. The van der Waals surface area contributed by atoms with Crippen molar-refractivity contribution in [2.75, 3.05) is 52.5 Å². The van der Waals surface area contributed by atoms with E-state index in [-0.39, 0.29) is 25.2 Å². The van der Waals surface area contributed by atoms with Gasteiger partial charge in [-0.1, -0.05) is 29.7 Å². The summed E-state index contributed by atoms with van der Waals surface area (Å²) in [4.78, 5) is 33.9. The van der Waals surface area contributed by atoms with Crippen LogP contribution in [0.3, 0.4) is 0 Å². The molecular formula is C31H35ClN4O5. The summed E-state index contributed by atoms with van der Waals surface area (Å²) in [5.74, 6) is 6.24. The molecule has 9 nitrogen and oxygen atoms in total. The van der Waals surface area contributed by atoms with Gasteiger partial charge in [-0.3, -0.25) is 14.6 Å². The molecule has 216 valence electrons. The lowest BCUT2D eigenvalue weighted by Gasteiger charge is -2.35. The number of carbonyl (C=O) groups excluding carboxylic acids is 2. The SMILES string of the molecule is CC#CCOC(=O)N1CCc2c([nH]c3ccc(Cl)cc23)C1c1ccc(OCC(O)CN2CCN(C(C)=O)CC2)cc1. The van der Waals surface area contributed by atoms with E-state index in [0.29, 0.717) is 43.4 Å². The Labute approximate surface area is 244 Å². The number of aliphatic hydroxyl groups excluding tert-OH is 1. The van der Waals surface area contributed by atoms with Crippen LogP contribution in [0, 0.1) is 11.8 Å². The number of nitrogens with one attached hydrogen (secondary N) is 1. The molecule has 2 aliphatic heterocycles. The minimum atomic E-state index is -0.658. The molecule has 0 bridgehead atoms. The quantitative estimate of drug-likeness (QED) is 0.414. The molecular weight excluding hydrogens is 544 g/mol. The van der Waals surface area contributed by atoms with E-state index in [9.17, 15) is 14.7 Å². The van der Waals surface area contributed by atoms with Gasteiger partial charge in [0.1, 0.15) is 24.5 Å². The maximum absolute atomic E-state index is 13.1. The van der Waals surface area contributed by atoms with Crippen molar-refractivity contribution in [1.82, 2.24) is 19.7 Å². The lowest BCUT2D eigenvalue weighted by atomic mass is 9.92. The fourth-order valence-electron chi connectivity index (χ4n) is 5.59. The Morgan fingerprint density at radius 3 is 2.59 bits per heavy atom. The van der Waals surface area contributed by atoms with Gasteiger partial charge in [-0.05, 0) is 54.8 Å². The third kappa shape index (κ3) is 6.62. The first-order valence-corrected chi connectivity index (χ1v) is 14.2. The molecule has 2 amide bonds. The topological polar surface area (TPSA) is 98.3 Å². The summed E-state index contributed by atoms with van der Waals surface area (Å²) in [7, 11) is 0. The molecule has 3 aromatic rings. The molecule has 5 rings (SSSR count). The summed E-state index contributed by atoms with van der Waals surface area (Å²) in [6, 6.07) is 13.0. The largest absolute Gasteiger partial charge is 0.491 e. The van der Waals surface area contributed by atoms with Crippen LogP contribution in [0.25, 0.3) is 10.9 Å². The molecule has 1 saturated heterocycles. The van der Waals surface area contributed by atoms with Crippen molar-refractivity contribution >= 4 is 34.5 Å². The molecule has 2 atom stereocenters. The van der Waals surface area contributed by atoms with Crippen LogP contribution in [0.2, 0.25) is 5.02 Å². The number of amides is 2. The zero-order chi connectivity index (χ0) is 28.9. The number of piperazine rings is 1. The number of H-pyrrole nitrogens is 1. The van der Waals surface area contributed by atoms with Gasteiger partial charge in [0.25, 0.3) is 0 Å². The van der Waals surface area contributed by atoms with Crippen molar-refractivity contribution in [2.24, 2.45) is 0 Å². The van der Waals surface area contributed by atoms with Gasteiger partial charge in [-0.25, -0.2) is 4.79 Å². The van der Waals surface area contributed by atoms with Crippen molar-refractivity contribution in [3.8, 4) is 17.6 Å².